The van der Waals surface area contributed by atoms with E-state index in [4.69, 9.17) is 11.0 Å². The van der Waals surface area contributed by atoms with Crippen molar-refractivity contribution < 1.29 is 0 Å². The molecule has 0 saturated heterocycles. The van der Waals surface area contributed by atoms with Crippen LogP contribution in [0.2, 0.25) is 0 Å². The molecule has 1 atom stereocenters. The Morgan fingerprint density at radius 2 is 2.25 bits per heavy atom. The molecule has 0 aromatic rings. The lowest BCUT2D eigenvalue weighted by Gasteiger charge is -2.31. The van der Waals surface area contributed by atoms with E-state index < -0.39 is 0 Å². The molecule has 0 aliphatic heterocycles. The van der Waals surface area contributed by atoms with Crippen molar-refractivity contribution in [2.75, 3.05) is 13.1 Å². The SMILES string of the molecule is CC1(CNCC2(C#N)CC2)CC=CC=C1N. The summed E-state index contributed by atoms with van der Waals surface area (Å²) in [5.41, 5.74) is 6.89. The van der Waals surface area contributed by atoms with E-state index in [1.54, 1.807) is 0 Å². The first-order chi connectivity index (χ1) is 7.60. The van der Waals surface area contributed by atoms with Crippen molar-refractivity contribution in [1.82, 2.24) is 5.32 Å². The number of allylic oxidation sites excluding steroid dienone is 3. The van der Waals surface area contributed by atoms with Crippen LogP contribution in [0.1, 0.15) is 26.2 Å². The summed E-state index contributed by atoms with van der Waals surface area (Å²) >= 11 is 0. The molecule has 86 valence electrons. The molecule has 3 nitrogen and oxygen atoms in total. The molecular formula is C13H19N3. The summed E-state index contributed by atoms with van der Waals surface area (Å²) in [6.45, 7) is 3.82. The van der Waals surface area contributed by atoms with E-state index in [2.05, 4.69) is 24.4 Å². The zero-order valence-corrected chi connectivity index (χ0v) is 9.79. The Balaban J connectivity index is 1.84. The first-order valence-corrected chi connectivity index (χ1v) is 5.85. The third kappa shape index (κ3) is 2.12. The highest BCUT2D eigenvalue weighted by molar-refractivity contribution is 5.23. The van der Waals surface area contributed by atoms with Crippen molar-refractivity contribution in [3.63, 3.8) is 0 Å². The average molecular weight is 217 g/mol. The number of nitrogens with zero attached hydrogens (tertiary/aromatic N) is 1. The minimum Gasteiger partial charge on any atom is -0.402 e. The molecular weight excluding hydrogens is 198 g/mol. The molecule has 0 heterocycles. The average Bonchev–Trinajstić information content (AvgIpc) is 3.04. The summed E-state index contributed by atoms with van der Waals surface area (Å²) in [5, 5.41) is 12.4. The van der Waals surface area contributed by atoms with Crippen LogP contribution in [-0.2, 0) is 0 Å². The fourth-order valence-corrected chi connectivity index (χ4v) is 2.05. The van der Waals surface area contributed by atoms with Gasteiger partial charge in [-0.3, -0.25) is 0 Å². The van der Waals surface area contributed by atoms with Crippen LogP contribution in [0.4, 0.5) is 0 Å². The first kappa shape index (κ1) is 11.2. The number of nitrogens with two attached hydrogens (primary N) is 1. The minimum atomic E-state index is -0.0701. The number of nitriles is 1. The molecule has 0 spiro atoms. The van der Waals surface area contributed by atoms with Gasteiger partial charge in [-0.25, -0.2) is 0 Å². The van der Waals surface area contributed by atoms with Gasteiger partial charge in [0, 0.05) is 24.2 Å². The summed E-state index contributed by atoms with van der Waals surface area (Å²) in [6, 6.07) is 2.39. The Morgan fingerprint density at radius 3 is 2.81 bits per heavy atom. The highest BCUT2D eigenvalue weighted by atomic mass is 14.9. The standard InChI is InChI=1S/C13H19N3/c1-12(5-3-2-4-11(12)15)9-16-10-13(8-14)6-7-13/h2-4,16H,5-7,9-10,15H2,1H3. The summed E-state index contributed by atoms with van der Waals surface area (Å²) < 4.78 is 0. The first-order valence-electron chi connectivity index (χ1n) is 5.85. The third-order valence-corrected chi connectivity index (χ3v) is 3.75. The second kappa shape index (κ2) is 3.95. The van der Waals surface area contributed by atoms with Crippen molar-refractivity contribution in [2.45, 2.75) is 26.2 Å². The van der Waals surface area contributed by atoms with Crippen LogP contribution >= 0.6 is 0 Å². The van der Waals surface area contributed by atoms with Crippen LogP contribution in [0.25, 0.3) is 0 Å². The van der Waals surface area contributed by atoms with E-state index >= 15 is 0 Å². The molecule has 0 bridgehead atoms. The minimum absolute atomic E-state index is 0.0142. The lowest BCUT2D eigenvalue weighted by atomic mass is 9.80. The second-order valence-electron chi connectivity index (χ2n) is 5.31. The molecule has 16 heavy (non-hydrogen) atoms. The van der Waals surface area contributed by atoms with Gasteiger partial charge < -0.3 is 11.1 Å². The number of hydrogen-bond acceptors (Lipinski definition) is 3. The summed E-state index contributed by atoms with van der Waals surface area (Å²) in [4.78, 5) is 0. The van der Waals surface area contributed by atoms with Gasteiger partial charge in [-0.15, -0.1) is 0 Å². The lowest BCUT2D eigenvalue weighted by Crippen LogP contribution is -2.38. The van der Waals surface area contributed by atoms with E-state index in [9.17, 15) is 0 Å². The molecule has 3 heteroatoms. The molecule has 2 aliphatic carbocycles. The van der Waals surface area contributed by atoms with Crippen molar-refractivity contribution in [2.24, 2.45) is 16.6 Å². The van der Waals surface area contributed by atoms with Gasteiger partial charge in [0.05, 0.1) is 11.5 Å². The zero-order valence-electron chi connectivity index (χ0n) is 9.79. The van der Waals surface area contributed by atoms with Gasteiger partial charge in [-0.1, -0.05) is 19.1 Å². The summed E-state index contributed by atoms with van der Waals surface area (Å²) in [6.07, 6.45) is 9.19. The van der Waals surface area contributed by atoms with Gasteiger partial charge in [0.25, 0.3) is 0 Å². The van der Waals surface area contributed by atoms with Crippen molar-refractivity contribution in [3.8, 4) is 6.07 Å². The Hall–Kier alpha value is -1.27. The van der Waals surface area contributed by atoms with Crippen molar-refractivity contribution in [3.05, 3.63) is 23.9 Å². The van der Waals surface area contributed by atoms with Gasteiger partial charge in [0.15, 0.2) is 0 Å². The molecule has 0 amide bonds. The number of nitrogens with one attached hydrogen (secondary N) is 1. The van der Waals surface area contributed by atoms with Crippen LogP contribution < -0.4 is 11.1 Å². The molecule has 2 aliphatic rings. The van der Waals surface area contributed by atoms with Crippen LogP contribution in [0.3, 0.4) is 0 Å². The summed E-state index contributed by atoms with van der Waals surface area (Å²) in [7, 11) is 0. The Labute approximate surface area is 97.0 Å². The van der Waals surface area contributed by atoms with E-state index in [1.807, 2.05) is 12.2 Å². The van der Waals surface area contributed by atoms with Crippen LogP contribution in [0.5, 0.6) is 0 Å². The highest BCUT2D eigenvalue weighted by Gasteiger charge is 2.43. The Bertz CT molecular complexity index is 371. The zero-order chi connectivity index (χ0) is 11.6. The maximum Gasteiger partial charge on any atom is 0.0703 e. The monoisotopic (exact) mass is 217 g/mol. The highest BCUT2D eigenvalue weighted by Crippen LogP contribution is 2.44. The number of hydrogen-bond donors (Lipinski definition) is 2. The van der Waals surface area contributed by atoms with Gasteiger partial charge >= 0.3 is 0 Å². The van der Waals surface area contributed by atoms with Crippen LogP contribution in [0.15, 0.2) is 23.9 Å². The molecule has 0 aromatic carbocycles. The predicted molar refractivity (Wildman–Crippen MR) is 64.3 cm³/mol. The molecule has 1 fully saturated rings. The van der Waals surface area contributed by atoms with E-state index in [0.29, 0.717) is 0 Å². The maximum absolute atomic E-state index is 8.97. The second-order valence-corrected chi connectivity index (χ2v) is 5.31. The molecule has 0 aromatic heterocycles. The van der Waals surface area contributed by atoms with Gasteiger partial charge in [0.2, 0.25) is 0 Å². The molecule has 1 unspecified atom stereocenters. The molecule has 2 rings (SSSR count). The van der Waals surface area contributed by atoms with E-state index in [0.717, 1.165) is 38.0 Å². The normalized spacial score (nSPS) is 30.6. The van der Waals surface area contributed by atoms with Gasteiger partial charge in [0.1, 0.15) is 0 Å². The van der Waals surface area contributed by atoms with Crippen molar-refractivity contribution in [1.29, 1.82) is 5.26 Å². The molecule has 3 N–H and O–H groups in total. The Morgan fingerprint density at radius 1 is 1.50 bits per heavy atom. The fourth-order valence-electron chi connectivity index (χ4n) is 2.05. The molecule has 0 radical (unpaired) electrons. The van der Waals surface area contributed by atoms with E-state index in [-0.39, 0.29) is 10.8 Å². The van der Waals surface area contributed by atoms with Crippen LogP contribution in [-0.4, -0.2) is 13.1 Å². The smallest absolute Gasteiger partial charge is 0.0703 e. The van der Waals surface area contributed by atoms with Gasteiger partial charge in [-0.05, 0) is 25.3 Å². The molecule has 1 saturated carbocycles. The quantitative estimate of drug-likeness (QED) is 0.753. The van der Waals surface area contributed by atoms with Crippen molar-refractivity contribution >= 4 is 0 Å². The topological polar surface area (TPSA) is 61.8 Å². The number of rotatable bonds is 4. The van der Waals surface area contributed by atoms with Gasteiger partial charge in [-0.2, -0.15) is 5.26 Å². The lowest BCUT2D eigenvalue weighted by molar-refractivity contribution is 0.354. The fraction of sp³-hybridized carbons (Fsp3) is 0.615. The predicted octanol–water partition coefficient (Wildman–Crippen LogP) is 1.69. The summed E-state index contributed by atoms with van der Waals surface area (Å²) in [5.74, 6) is 0. The van der Waals surface area contributed by atoms with E-state index in [1.165, 1.54) is 0 Å². The van der Waals surface area contributed by atoms with Crippen LogP contribution in [0, 0.1) is 22.2 Å². The Kier molecular flexibility index (Phi) is 2.77. The third-order valence-electron chi connectivity index (χ3n) is 3.75. The largest absolute Gasteiger partial charge is 0.402 e. The maximum atomic E-state index is 8.97.